The molecule has 1 saturated heterocycles. The van der Waals surface area contributed by atoms with E-state index >= 15 is 0 Å². The van der Waals surface area contributed by atoms with Gasteiger partial charge in [0.05, 0.1) is 17.0 Å². The van der Waals surface area contributed by atoms with E-state index in [1.807, 2.05) is 32.9 Å². The van der Waals surface area contributed by atoms with Crippen molar-refractivity contribution in [2.45, 2.75) is 52.5 Å². The molecule has 0 aliphatic carbocycles. The first-order valence-electron chi connectivity index (χ1n) is 9.77. The van der Waals surface area contributed by atoms with Crippen molar-refractivity contribution in [3.63, 3.8) is 0 Å². The molecule has 0 spiro atoms. The number of imidazole rings is 1. The summed E-state index contributed by atoms with van der Waals surface area (Å²) in [6.45, 7) is 5.71. The predicted octanol–water partition coefficient (Wildman–Crippen LogP) is 2.00. The minimum Gasteiger partial charge on any atom is -0.481 e. The van der Waals surface area contributed by atoms with Crippen LogP contribution in [0.3, 0.4) is 0 Å². The van der Waals surface area contributed by atoms with E-state index in [1.165, 1.54) is 9.13 Å². The van der Waals surface area contributed by atoms with Crippen molar-refractivity contribution in [2.24, 2.45) is 18.4 Å². The maximum Gasteiger partial charge on any atom is 0.329 e. The minimum absolute atomic E-state index is 0.185. The van der Waals surface area contributed by atoms with Crippen LogP contribution < -0.4 is 11.0 Å². The van der Waals surface area contributed by atoms with E-state index in [9.17, 15) is 24.3 Å². The lowest BCUT2D eigenvalue weighted by Gasteiger charge is -2.27. The quantitative estimate of drug-likeness (QED) is 0.745. The second-order valence-corrected chi connectivity index (χ2v) is 8.76. The highest BCUT2D eigenvalue weighted by Crippen LogP contribution is 2.32. The Hall–Kier alpha value is -2.90. The number of carboxylic acid groups (broad SMARTS) is 1. The highest BCUT2D eigenvalue weighted by atomic mass is 16.4. The van der Waals surface area contributed by atoms with Crippen molar-refractivity contribution in [3.05, 3.63) is 34.2 Å². The highest BCUT2D eigenvalue weighted by Gasteiger charge is 2.33. The summed E-state index contributed by atoms with van der Waals surface area (Å²) < 4.78 is 2.94. The number of imide groups is 1. The Morgan fingerprint density at radius 2 is 1.97 bits per heavy atom. The fraction of sp³-hybridized carbons (Fsp3) is 0.524. The monoisotopic (exact) mass is 401 g/mol. The van der Waals surface area contributed by atoms with Crippen LogP contribution in [0.4, 0.5) is 0 Å². The number of hydrogen-bond donors (Lipinski definition) is 2. The second kappa shape index (κ2) is 7.50. The molecule has 1 aromatic carbocycles. The van der Waals surface area contributed by atoms with Crippen LogP contribution in [0.2, 0.25) is 0 Å². The van der Waals surface area contributed by atoms with Gasteiger partial charge in [0.2, 0.25) is 11.8 Å². The molecule has 0 bridgehead atoms. The Morgan fingerprint density at radius 3 is 2.55 bits per heavy atom. The van der Waals surface area contributed by atoms with Gasteiger partial charge in [-0.3, -0.25) is 28.8 Å². The number of aryl methyl sites for hydroxylation is 2. The van der Waals surface area contributed by atoms with Crippen molar-refractivity contribution in [1.82, 2.24) is 14.5 Å². The predicted molar refractivity (Wildman–Crippen MR) is 108 cm³/mol. The number of aliphatic carboxylic acids is 1. The average Bonchev–Trinajstić information content (AvgIpc) is 2.86. The van der Waals surface area contributed by atoms with E-state index in [0.29, 0.717) is 23.9 Å². The molecule has 8 heteroatoms. The van der Waals surface area contributed by atoms with Crippen LogP contribution in [0.15, 0.2) is 23.0 Å². The molecule has 0 saturated carbocycles. The number of aromatic nitrogens is 2. The smallest absolute Gasteiger partial charge is 0.329 e. The first-order chi connectivity index (χ1) is 13.5. The van der Waals surface area contributed by atoms with Crippen LogP contribution >= 0.6 is 0 Å². The first kappa shape index (κ1) is 20.8. The maximum atomic E-state index is 12.9. The second-order valence-electron chi connectivity index (χ2n) is 8.76. The molecular weight excluding hydrogens is 374 g/mol. The lowest BCUT2D eigenvalue weighted by Crippen LogP contribution is -2.44. The van der Waals surface area contributed by atoms with Crippen LogP contribution in [0, 0.1) is 11.3 Å². The number of hydrogen-bond acceptors (Lipinski definition) is 4. The molecule has 0 radical (unpaired) electrons. The zero-order valence-corrected chi connectivity index (χ0v) is 17.2. The van der Waals surface area contributed by atoms with Crippen molar-refractivity contribution < 1.29 is 19.5 Å². The van der Waals surface area contributed by atoms with Gasteiger partial charge in [-0.1, -0.05) is 32.9 Å². The molecular formula is C21H27N3O5. The van der Waals surface area contributed by atoms with Gasteiger partial charge in [-0.15, -0.1) is 0 Å². The molecule has 3 rings (SSSR count). The van der Waals surface area contributed by atoms with E-state index in [1.54, 1.807) is 13.1 Å². The molecule has 2 atom stereocenters. The minimum atomic E-state index is -0.834. The molecule has 2 unspecified atom stereocenters. The molecule has 2 aromatic rings. The summed E-state index contributed by atoms with van der Waals surface area (Å²) >= 11 is 0. The Morgan fingerprint density at radius 1 is 1.28 bits per heavy atom. The van der Waals surface area contributed by atoms with Gasteiger partial charge in [0.1, 0.15) is 6.04 Å². The highest BCUT2D eigenvalue weighted by molar-refractivity contribution is 6.00. The molecule has 2 N–H and O–H groups in total. The number of carboxylic acids is 1. The largest absolute Gasteiger partial charge is 0.481 e. The molecule has 1 aliphatic heterocycles. The van der Waals surface area contributed by atoms with Gasteiger partial charge in [0.15, 0.2) is 0 Å². The zero-order valence-electron chi connectivity index (χ0n) is 17.2. The van der Waals surface area contributed by atoms with Crippen LogP contribution in [0.1, 0.15) is 51.6 Å². The van der Waals surface area contributed by atoms with E-state index < -0.39 is 23.8 Å². The summed E-state index contributed by atoms with van der Waals surface area (Å²) in [6, 6.07) is 4.74. The number of benzene rings is 1. The third kappa shape index (κ3) is 3.83. The molecule has 1 aliphatic rings. The van der Waals surface area contributed by atoms with Crippen LogP contribution in [0.25, 0.3) is 11.0 Å². The maximum absolute atomic E-state index is 12.9. The molecule has 2 amide bonds. The summed E-state index contributed by atoms with van der Waals surface area (Å²) in [4.78, 5) is 48.4. The van der Waals surface area contributed by atoms with E-state index in [4.69, 9.17) is 0 Å². The SMILES string of the molecule is Cn1c(=O)n(C2CCC(=O)NC2=O)c2cccc(CCC(C(=O)O)C(C)(C)C)c21. The van der Waals surface area contributed by atoms with Gasteiger partial charge in [-0.25, -0.2) is 4.79 Å². The molecule has 29 heavy (non-hydrogen) atoms. The molecule has 2 heterocycles. The number of rotatable bonds is 5. The number of carbonyl (C=O) groups is 3. The lowest BCUT2D eigenvalue weighted by molar-refractivity contribution is -0.145. The van der Waals surface area contributed by atoms with Gasteiger partial charge in [-0.2, -0.15) is 0 Å². The van der Waals surface area contributed by atoms with Gasteiger partial charge < -0.3 is 5.11 Å². The first-order valence-corrected chi connectivity index (χ1v) is 9.77. The number of para-hydroxylation sites is 1. The van der Waals surface area contributed by atoms with Crippen molar-refractivity contribution >= 4 is 28.8 Å². The Labute approximate surface area is 168 Å². The number of piperidine rings is 1. The number of nitrogens with zero attached hydrogens (tertiary/aromatic N) is 2. The normalized spacial score (nSPS) is 18.7. The summed E-state index contributed by atoms with van der Waals surface area (Å²) in [5, 5.41) is 11.9. The number of amides is 2. The van der Waals surface area contributed by atoms with Gasteiger partial charge in [0, 0.05) is 13.5 Å². The third-order valence-electron chi connectivity index (χ3n) is 5.75. The zero-order chi connectivity index (χ0) is 21.5. The third-order valence-corrected chi connectivity index (χ3v) is 5.75. The van der Waals surface area contributed by atoms with E-state index in [-0.39, 0.29) is 29.9 Å². The number of nitrogens with one attached hydrogen (secondary N) is 1. The molecule has 156 valence electrons. The Balaban J connectivity index is 2.02. The molecule has 1 aromatic heterocycles. The molecule has 8 nitrogen and oxygen atoms in total. The van der Waals surface area contributed by atoms with E-state index in [0.717, 1.165) is 5.56 Å². The molecule has 1 fully saturated rings. The summed E-state index contributed by atoms with van der Waals surface area (Å²) in [6.07, 6.45) is 1.40. The topological polar surface area (TPSA) is 110 Å². The van der Waals surface area contributed by atoms with E-state index in [2.05, 4.69) is 5.32 Å². The van der Waals surface area contributed by atoms with Crippen molar-refractivity contribution in [2.75, 3.05) is 0 Å². The fourth-order valence-corrected chi connectivity index (χ4v) is 4.18. The number of fused-ring (bicyclic) bond motifs is 1. The average molecular weight is 401 g/mol. The summed E-state index contributed by atoms with van der Waals surface area (Å²) in [7, 11) is 1.65. The Kier molecular flexibility index (Phi) is 5.38. The van der Waals surface area contributed by atoms with Gasteiger partial charge >= 0.3 is 11.7 Å². The summed E-state index contributed by atoms with van der Waals surface area (Å²) in [5.41, 5.74) is 1.47. The lowest BCUT2D eigenvalue weighted by atomic mass is 9.77. The van der Waals surface area contributed by atoms with Gasteiger partial charge in [-0.05, 0) is 36.3 Å². The summed E-state index contributed by atoms with van der Waals surface area (Å²) in [5.74, 6) is -2.16. The van der Waals surface area contributed by atoms with Crippen molar-refractivity contribution in [3.8, 4) is 0 Å². The van der Waals surface area contributed by atoms with Gasteiger partial charge in [0.25, 0.3) is 0 Å². The van der Waals surface area contributed by atoms with Crippen LogP contribution in [-0.4, -0.2) is 32.0 Å². The van der Waals surface area contributed by atoms with Crippen molar-refractivity contribution in [1.29, 1.82) is 0 Å². The van der Waals surface area contributed by atoms with Crippen LogP contribution in [0.5, 0.6) is 0 Å². The fourth-order valence-electron chi connectivity index (χ4n) is 4.18. The Bertz CT molecular complexity index is 1040. The number of carbonyl (C=O) groups excluding carboxylic acids is 2. The standard InChI is InChI=1S/C21H27N3O5/c1-21(2,3)13(19(27)28)9-8-12-6-5-7-14-17(12)23(4)20(29)24(14)15-10-11-16(25)22-18(15)26/h5-7,13,15H,8-11H2,1-4H3,(H,27,28)(H,22,25,26). The van der Waals surface area contributed by atoms with Crippen LogP contribution in [-0.2, 0) is 27.9 Å².